The van der Waals surface area contributed by atoms with Crippen LogP contribution < -0.4 is 4.74 Å². The molecule has 1 heterocycles. The highest BCUT2D eigenvalue weighted by Crippen LogP contribution is 2.20. The monoisotopic (exact) mass is 313 g/mol. The summed E-state index contributed by atoms with van der Waals surface area (Å²) in [5, 5.41) is 8.88. The summed E-state index contributed by atoms with van der Waals surface area (Å²) in [6, 6.07) is 5.52. The summed E-state index contributed by atoms with van der Waals surface area (Å²) in [4.78, 5) is 24.5. The molecule has 0 aromatic heterocycles. The number of amides is 1. The number of carbonyl (C=O) groups is 2. The number of nitrogens with zero attached hydrogens (tertiary/aromatic N) is 1. The minimum atomic E-state index is -0.935. The van der Waals surface area contributed by atoms with Gasteiger partial charge in [0.05, 0.1) is 12.5 Å². The zero-order valence-corrected chi connectivity index (χ0v) is 12.1. The number of halogens is 1. The van der Waals surface area contributed by atoms with Crippen LogP contribution in [-0.2, 0) is 9.59 Å². The van der Waals surface area contributed by atoms with Crippen LogP contribution in [0, 0.1) is 5.82 Å². The van der Waals surface area contributed by atoms with E-state index in [2.05, 4.69) is 0 Å². The largest absolute Gasteiger partial charge is 0.481 e. The molecule has 1 atom stereocenters. The Morgan fingerprint density at radius 1 is 1.43 bits per heavy atom. The van der Waals surface area contributed by atoms with Crippen LogP contribution in [0.1, 0.15) is 6.42 Å². The summed E-state index contributed by atoms with van der Waals surface area (Å²) < 4.78 is 18.6. The molecule has 0 saturated carbocycles. The van der Waals surface area contributed by atoms with Gasteiger partial charge >= 0.3 is 5.97 Å². The molecule has 1 aliphatic heterocycles. The highest BCUT2D eigenvalue weighted by atomic mass is 32.2. The van der Waals surface area contributed by atoms with Crippen molar-refractivity contribution in [2.24, 2.45) is 0 Å². The van der Waals surface area contributed by atoms with Crippen molar-refractivity contribution in [3.8, 4) is 5.75 Å². The zero-order chi connectivity index (χ0) is 15.2. The molecule has 1 saturated heterocycles. The third-order valence-electron chi connectivity index (χ3n) is 3.15. The first-order chi connectivity index (χ1) is 10.1. The van der Waals surface area contributed by atoms with Crippen LogP contribution in [-0.4, -0.2) is 52.6 Å². The lowest BCUT2D eigenvalue weighted by molar-refractivity contribution is -0.141. The number of hydrogen-bond donors (Lipinski definition) is 1. The molecular formula is C14H16FNO4S. The predicted octanol–water partition coefficient (Wildman–Crippen LogP) is 1.62. The van der Waals surface area contributed by atoms with Gasteiger partial charge < -0.3 is 14.7 Å². The second kappa shape index (κ2) is 7.31. The van der Waals surface area contributed by atoms with Crippen LogP contribution in [0.5, 0.6) is 5.75 Å². The van der Waals surface area contributed by atoms with E-state index in [4.69, 9.17) is 9.84 Å². The zero-order valence-electron chi connectivity index (χ0n) is 11.3. The highest BCUT2D eigenvalue weighted by molar-refractivity contribution is 7.99. The van der Waals surface area contributed by atoms with E-state index in [0.29, 0.717) is 12.3 Å². The molecular weight excluding hydrogens is 297 g/mol. The summed E-state index contributed by atoms with van der Waals surface area (Å²) in [6.45, 7) is 0.198. The molecule has 114 valence electrons. The standard InChI is InChI=1S/C14H16FNO4S/c15-11-3-1-2-4-12(11)20-8-13(17)16-5-6-21-9-10(16)7-14(18)19/h1-4,10H,5-9H2,(H,18,19). The Balaban J connectivity index is 1.94. The van der Waals surface area contributed by atoms with E-state index < -0.39 is 11.8 Å². The SMILES string of the molecule is O=C(O)CC1CSCCN1C(=O)COc1ccccc1F. The van der Waals surface area contributed by atoms with Gasteiger partial charge in [0.25, 0.3) is 5.91 Å². The molecule has 21 heavy (non-hydrogen) atoms. The average Bonchev–Trinajstić information content (AvgIpc) is 2.46. The molecule has 1 amide bonds. The number of carboxylic acid groups (broad SMARTS) is 1. The number of benzene rings is 1. The second-order valence-corrected chi connectivity index (χ2v) is 5.78. The van der Waals surface area contributed by atoms with Crippen molar-refractivity contribution in [2.45, 2.75) is 12.5 Å². The van der Waals surface area contributed by atoms with Crippen molar-refractivity contribution < 1.29 is 23.8 Å². The summed E-state index contributed by atoms with van der Waals surface area (Å²) in [6.07, 6.45) is -0.0849. The lowest BCUT2D eigenvalue weighted by Gasteiger charge is -2.34. The maximum absolute atomic E-state index is 13.4. The number of para-hydroxylation sites is 1. The van der Waals surface area contributed by atoms with Crippen LogP contribution in [0.4, 0.5) is 4.39 Å². The molecule has 1 fully saturated rings. The quantitative estimate of drug-likeness (QED) is 0.895. The molecule has 0 radical (unpaired) electrons. The highest BCUT2D eigenvalue weighted by Gasteiger charge is 2.29. The topological polar surface area (TPSA) is 66.8 Å². The first-order valence-corrected chi connectivity index (χ1v) is 7.69. The van der Waals surface area contributed by atoms with Crippen molar-refractivity contribution in [3.63, 3.8) is 0 Å². The van der Waals surface area contributed by atoms with E-state index in [1.807, 2.05) is 0 Å². The van der Waals surface area contributed by atoms with E-state index in [1.165, 1.54) is 23.1 Å². The first kappa shape index (κ1) is 15.6. The number of rotatable bonds is 5. The van der Waals surface area contributed by atoms with Gasteiger partial charge in [0.15, 0.2) is 18.2 Å². The van der Waals surface area contributed by atoms with Crippen molar-refractivity contribution in [2.75, 3.05) is 24.7 Å². The molecule has 1 aromatic carbocycles. The Bertz CT molecular complexity index is 525. The molecule has 0 spiro atoms. The summed E-state index contributed by atoms with van der Waals surface area (Å²) in [5.74, 6) is -0.395. The van der Waals surface area contributed by atoms with E-state index in [0.717, 1.165) is 5.75 Å². The van der Waals surface area contributed by atoms with E-state index in [9.17, 15) is 14.0 Å². The van der Waals surface area contributed by atoms with Crippen molar-refractivity contribution >= 4 is 23.6 Å². The van der Waals surface area contributed by atoms with Gasteiger partial charge in [0.2, 0.25) is 0 Å². The van der Waals surface area contributed by atoms with Gasteiger partial charge in [-0.3, -0.25) is 9.59 Å². The number of aliphatic carboxylic acids is 1. The average molecular weight is 313 g/mol. The Labute approximate surface area is 126 Å². The van der Waals surface area contributed by atoms with Gasteiger partial charge in [-0.25, -0.2) is 4.39 Å². The molecule has 1 unspecified atom stereocenters. The van der Waals surface area contributed by atoms with Crippen LogP contribution in [0.2, 0.25) is 0 Å². The lowest BCUT2D eigenvalue weighted by atomic mass is 10.2. The number of thioether (sulfide) groups is 1. The maximum atomic E-state index is 13.4. The Morgan fingerprint density at radius 2 is 2.19 bits per heavy atom. The normalized spacial score (nSPS) is 18.3. The molecule has 1 aromatic rings. The fourth-order valence-corrected chi connectivity index (χ4v) is 3.20. The maximum Gasteiger partial charge on any atom is 0.305 e. The molecule has 1 N–H and O–H groups in total. The first-order valence-electron chi connectivity index (χ1n) is 6.54. The minimum absolute atomic E-state index is 0.0204. The summed E-state index contributed by atoms with van der Waals surface area (Å²) in [7, 11) is 0. The number of ether oxygens (including phenoxy) is 1. The molecule has 7 heteroatoms. The second-order valence-electron chi connectivity index (χ2n) is 4.63. The Kier molecular flexibility index (Phi) is 5.44. The summed E-state index contributed by atoms with van der Waals surface area (Å²) >= 11 is 1.63. The molecule has 1 aliphatic rings. The van der Waals surface area contributed by atoms with Gasteiger partial charge in [-0.2, -0.15) is 11.8 Å². The number of carboxylic acids is 1. The third kappa shape index (κ3) is 4.35. The fourth-order valence-electron chi connectivity index (χ4n) is 2.14. The van der Waals surface area contributed by atoms with E-state index in [1.54, 1.807) is 17.8 Å². The van der Waals surface area contributed by atoms with Crippen molar-refractivity contribution in [1.29, 1.82) is 0 Å². The number of carbonyl (C=O) groups excluding carboxylic acids is 1. The van der Waals surface area contributed by atoms with E-state index in [-0.39, 0.29) is 30.7 Å². The van der Waals surface area contributed by atoms with Crippen LogP contribution in [0.25, 0.3) is 0 Å². The molecule has 2 rings (SSSR count). The number of hydrogen-bond acceptors (Lipinski definition) is 4. The fraction of sp³-hybridized carbons (Fsp3) is 0.429. The van der Waals surface area contributed by atoms with Crippen LogP contribution in [0.3, 0.4) is 0 Å². The Morgan fingerprint density at radius 3 is 2.90 bits per heavy atom. The van der Waals surface area contributed by atoms with Gasteiger partial charge in [0, 0.05) is 18.1 Å². The molecule has 0 bridgehead atoms. The van der Waals surface area contributed by atoms with Crippen molar-refractivity contribution in [3.05, 3.63) is 30.1 Å². The lowest BCUT2D eigenvalue weighted by Crippen LogP contribution is -2.48. The van der Waals surface area contributed by atoms with Gasteiger partial charge in [-0.15, -0.1) is 0 Å². The van der Waals surface area contributed by atoms with Crippen LogP contribution in [0.15, 0.2) is 24.3 Å². The molecule has 0 aliphatic carbocycles. The van der Waals surface area contributed by atoms with Gasteiger partial charge in [0.1, 0.15) is 0 Å². The summed E-state index contributed by atoms with van der Waals surface area (Å²) in [5.41, 5.74) is 0. The van der Waals surface area contributed by atoms with Gasteiger partial charge in [-0.1, -0.05) is 12.1 Å². The smallest absolute Gasteiger partial charge is 0.305 e. The van der Waals surface area contributed by atoms with Crippen molar-refractivity contribution in [1.82, 2.24) is 4.90 Å². The van der Waals surface area contributed by atoms with Gasteiger partial charge in [-0.05, 0) is 12.1 Å². The van der Waals surface area contributed by atoms with Crippen LogP contribution >= 0.6 is 11.8 Å². The third-order valence-corrected chi connectivity index (χ3v) is 4.24. The predicted molar refractivity (Wildman–Crippen MR) is 77.0 cm³/mol. The minimum Gasteiger partial charge on any atom is -0.481 e. The molecule has 5 nitrogen and oxygen atoms in total. The van der Waals surface area contributed by atoms with E-state index >= 15 is 0 Å². The Hall–Kier alpha value is -1.76.